The van der Waals surface area contributed by atoms with Crippen LogP contribution >= 0.6 is 22.6 Å². The summed E-state index contributed by atoms with van der Waals surface area (Å²) < 4.78 is 40.1. The standard InChI is InChI=1S/C9H8F3IN4O/c10-9(11,12)18-7-2-1-5(3-6(7)13)4-16-17-8(14)15/h1-4H,(H4,14,15,17). The van der Waals surface area contributed by atoms with Crippen LogP contribution in [0.5, 0.6) is 5.75 Å². The van der Waals surface area contributed by atoms with E-state index in [0.717, 1.165) is 0 Å². The van der Waals surface area contributed by atoms with Gasteiger partial charge in [0.1, 0.15) is 5.75 Å². The molecule has 0 amide bonds. The average molecular weight is 372 g/mol. The van der Waals surface area contributed by atoms with Gasteiger partial charge in [0.05, 0.1) is 9.78 Å². The molecule has 0 bridgehead atoms. The maximum atomic E-state index is 12.0. The molecular weight excluding hydrogens is 364 g/mol. The van der Waals surface area contributed by atoms with Crippen LogP contribution in [0, 0.1) is 3.57 Å². The van der Waals surface area contributed by atoms with Crippen molar-refractivity contribution in [3.05, 3.63) is 27.3 Å². The van der Waals surface area contributed by atoms with Gasteiger partial charge in [-0.25, -0.2) is 0 Å². The third-order valence-electron chi connectivity index (χ3n) is 1.56. The Morgan fingerprint density at radius 1 is 1.33 bits per heavy atom. The average Bonchev–Trinajstić information content (AvgIpc) is 2.19. The Hall–Kier alpha value is -1.52. The molecule has 4 N–H and O–H groups in total. The maximum absolute atomic E-state index is 12.0. The highest BCUT2D eigenvalue weighted by Crippen LogP contribution is 2.27. The first-order valence-corrected chi connectivity index (χ1v) is 5.53. The van der Waals surface area contributed by atoms with Gasteiger partial charge < -0.3 is 16.2 Å². The lowest BCUT2D eigenvalue weighted by Gasteiger charge is -2.10. The van der Waals surface area contributed by atoms with Crippen LogP contribution in [0.15, 0.2) is 28.4 Å². The molecule has 0 fully saturated rings. The van der Waals surface area contributed by atoms with E-state index in [1.54, 1.807) is 22.6 Å². The quantitative estimate of drug-likeness (QED) is 0.367. The Bertz CT molecular complexity index is 483. The number of nitrogens with two attached hydrogens (primary N) is 2. The van der Waals surface area contributed by atoms with Gasteiger partial charge in [0.25, 0.3) is 0 Å². The lowest BCUT2D eigenvalue weighted by atomic mass is 10.2. The van der Waals surface area contributed by atoms with Crippen LogP contribution in [0.1, 0.15) is 5.56 Å². The van der Waals surface area contributed by atoms with Crippen molar-refractivity contribution in [1.29, 1.82) is 0 Å². The number of nitrogens with zero attached hydrogens (tertiary/aromatic N) is 2. The number of halogens is 4. The van der Waals surface area contributed by atoms with Crippen molar-refractivity contribution in [3.8, 4) is 5.75 Å². The molecule has 0 aromatic heterocycles. The Balaban J connectivity index is 2.86. The molecule has 0 unspecified atom stereocenters. The van der Waals surface area contributed by atoms with Crippen molar-refractivity contribution >= 4 is 34.8 Å². The second kappa shape index (κ2) is 5.89. The van der Waals surface area contributed by atoms with Crippen molar-refractivity contribution in [2.75, 3.05) is 0 Å². The van der Waals surface area contributed by atoms with Gasteiger partial charge in [-0.15, -0.1) is 18.3 Å². The molecule has 0 atom stereocenters. The molecule has 1 rings (SSSR count). The third kappa shape index (κ3) is 5.21. The first-order valence-electron chi connectivity index (χ1n) is 4.45. The van der Waals surface area contributed by atoms with Gasteiger partial charge in [0.15, 0.2) is 0 Å². The van der Waals surface area contributed by atoms with Crippen LogP contribution < -0.4 is 16.2 Å². The van der Waals surface area contributed by atoms with E-state index in [0.29, 0.717) is 9.13 Å². The second-order valence-electron chi connectivity index (χ2n) is 3.01. The number of hydrogen-bond acceptors (Lipinski definition) is 3. The van der Waals surface area contributed by atoms with E-state index >= 15 is 0 Å². The van der Waals surface area contributed by atoms with Gasteiger partial charge in [-0.1, -0.05) is 0 Å². The van der Waals surface area contributed by atoms with E-state index in [9.17, 15) is 13.2 Å². The fourth-order valence-corrected chi connectivity index (χ4v) is 1.62. The maximum Gasteiger partial charge on any atom is 0.573 e. The van der Waals surface area contributed by atoms with E-state index in [1.807, 2.05) is 0 Å². The third-order valence-corrected chi connectivity index (χ3v) is 2.40. The van der Waals surface area contributed by atoms with Crippen molar-refractivity contribution < 1.29 is 17.9 Å². The van der Waals surface area contributed by atoms with E-state index in [-0.39, 0.29) is 11.7 Å². The predicted octanol–water partition coefficient (Wildman–Crippen LogP) is 1.80. The van der Waals surface area contributed by atoms with Crippen LogP contribution in [0.2, 0.25) is 0 Å². The first kappa shape index (κ1) is 14.5. The second-order valence-corrected chi connectivity index (χ2v) is 4.17. The molecule has 0 saturated heterocycles. The van der Waals surface area contributed by atoms with Crippen LogP contribution in [0.3, 0.4) is 0 Å². The molecule has 0 aliphatic carbocycles. The Morgan fingerprint density at radius 3 is 2.50 bits per heavy atom. The van der Waals surface area contributed by atoms with E-state index < -0.39 is 6.36 Å². The number of rotatable bonds is 3. The molecule has 1 aromatic rings. The normalized spacial score (nSPS) is 11.6. The summed E-state index contributed by atoms with van der Waals surface area (Å²) in [5, 5.41) is 6.89. The summed E-state index contributed by atoms with van der Waals surface area (Å²) in [6.07, 6.45) is -3.41. The van der Waals surface area contributed by atoms with Gasteiger partial charge in [0.2, 0.25) is 5.96 Å². The molecule has 5 nitrogen and oxygen atoms in total. The summed E-state index contributed by atoms with van der Waals surface area (Å²) >= 11 is 1.72. The summed E-state index contributed by atoms with van der Waals surface area (Å²) in [6.45, 7) is 0. The zero-order valence-electron chi connectivity index (χ0n) is 8.78. The minimum atomic E-state index is -4.71. The van der Waals surface area contributed by atoms with Crippen molar-refractivity contribution in [1.82, 2.24) is 0 Å². The van der Waals surface area contributed by atoms with Crippen molar-refractivity contribution in [2.24, 2.45) is 21.7 Å². The fraction of sp³-hybridized carbons (Fsp3) is 0.111. The highest BCUT2D eigenvalue weighted by atomic mass is 127. The van der Waals surface area contributed by atoms with Crippen LogP contribution in [0.25, 0.3) is 0 Å². The van der Waals surface area contributed by atoms with Gasteiger partial charge in [-0.3, -0.25) is 0 Å². The highest BCUT2D eigenvalue weighted by Gasteiger charge is 2.31. The lowest BCUT2D eigenvalue weighted by Crippen LogP contribution is -2.21. The Kier molecular flexibility index (Phi) is 4.76. The summed E-state index contributed by atoms with van der Waals surface area (Å²) in [5.74, 6) is -0.486. The molecule has 0 saturated carbocycles. The van der Waals surface area contributed by atoms with Gasteiger partial charge in [-0.05, 0) is 46.4 Å². The molecule has 0 aliphatic rings. The summed E-state index contributed by atoms with van der Waals surface area (Å²) in [4.78, 5) is 0. The number of guanidine groups is 1. The smallest absolute Gasteiger partial charge is 0.405 e. The van der Waals surface area contributed by atoms with E-state index in [4.69, 9.17) is 11.5 Å². The lowest BCUT2D eigenvalue weighted by molar-refractivity contribution is -0.274. The topological polar surface area (TPSA) is 86.0 Å². The van der Waals surface area contributed by atoms with E-state index in [2.05, 4.69) is 14.9 Å². The number of ether oxygens (including phenoxy) is 1. The van der Waals surface area contributed by atoms with Gasteiger partial charge in [0, 0.05) is 0 Å². The van der Waals surface area contributed by atoms with Gasteiger partial charge >= 0.3 is 6.36 Å². The molecule has 0 radical (unpaired) electrons. The zero-order chi connectivity index (χ0) is 13.8. The molecule has 9 heteroatoms. The van der Waals surface area contributed by atoms with Crippen LogP contribution in [-0.2, 0) is 0 Å². The molecular formula is C9H8F3IN4O. The van der Waals surface area contributed by atoms with Crippen LogP contribution in [0.4, 0.5) is 13.2 Å². The minimum absolute atomic E-state index is 0.210. The number of hydrogen-bond donors (Lipinski definition) is 2. The van der Waals surface area contributed by atoms with E-state index in [1.165, 1.54) is 24.4 Å². The summed E-state index contributed by atoms with van der Waals surface area (Å²) in [5.41, 5.74) is 10.6. The monoisotopic (exact) mass is 372 g/mol. The molecule has 1 aromatic carbocycles. The largest absolute Gasteiger partial charge is 0.573 e. The van der Waals surface area contributed by atoms with Crippen LogP contribution in [-0.4, -0.2) is 18.5 Å². The summed E-state index contributed by atoms with van der Waals surface area (Å²) in [7, 11) is 0. The molecule has 0 aliphatic heterocycles. The molecule has 18 heavy (non-hydrogen) atoms. The predicted molar refractivity (Wildman–Crippen MR) is 69.2 cm³/mol. The first-order chi connectivity index (χ1) is 8.28. The number of benzene rings is 1. The zero-order valence-corrected chi connectivity index (χ0v) is 10.9. The van der Waals surface area contributed by atoms with Crippen molar-refractivity contribution in [3.63, 3.8) is 0 Å². The number of alkyl halides is 3. The van der Waals surface area contributed by atoms with Crippen molar-refractivity contribution in [2.45, 2.75) is 6.36 Å². The highest BCUT2D eigenvalue weighted by molar-refractivity contribution is 14.1. The molecule has 98 valence electrons. The Morgan fingerprint density at radius 2 is 2.00 bits per heavy atom. The minimum Gasteiger partial charge on any atom is -0.405 e. The fourth-order valence-electron chi connectivity index (χ4n) is 0.967. The van der Waals surface area contributed by atoms with Gasteiger partial charge in [-0.2, -0.15) is 5.10 Å². The molecule has 0 heterocycles. The SMILES string of the molecule is NC(N)=NN=Cc1ccc(OC(F)(F)F)c(I)c1. The molecule has 0 spiro atoms. The Labute approximate surface area is 114 Å². The summed E-state index contributed by atoms with van der Waals surface area (Å²) in [6, 6.07) is 4.04.